The van der Waals surface area contributed by atoms with Gasteiger partial charge in [-0.1, -0.05) is 0 Å². The molecule has 0 spiro atoms. The van der Waals surface area contributed by atoms with Crippen LogP contribution in [0.5, 0.6) is 0 Å². The Morgan fingerprint density at radius 1 is 1.43 bits per heavy atom. The third-order valence-corrected chi connectivity index (χ3v) is 2.48. The van der Waals surface area contributed by atoms with Gasteiger partial charge in [0.15, 0.2) is 5.82 Å². The number of nitrogens with zero attached hydrogens (tertiary/aromatic N) is 1. The second-order valence-corrected chi connectivity index (χ2v) is 3.63. The Balaban J connectivity index is 2.06. The van der Waals surface area contributed by atoms with Crippen LogP contribution in [0.1, 0.15) is 12.8 Å². The van der Waals surface area contributed by atoms with E-state index >= 15 is 0 Å². The number of pyridine rings is 1. The zero-order valence-electron chi connectivity index (χ0n) is 7.77. The van der Waals surface area contributed by atoms with Gasteiger partial charge in [-0.2, -0.15) is 0 Å². The molecule has 0 aromatic carbocycles. The number of nitrogen functional groups attached to an aromatic ring is 2. The van der Waals surface area contributed by atoms with E-state index in [1.54, 1.807) is 12.3 Å². The molecule has 0 atom stereocenters. The molecule has 0 aliphatic heterocycles. The van der Waals surface area contributed by atoms with Crippen molar-refractivity contribution in [1.82, 2.24) is 4.98 Å². The minimum absolute atomic E-state index is 0.185. The molecular weight excluding hydrogens is 180 g/mol. The van der Waals surface area contributed by atoms with E-state index in [4.69, 9.17) is 16.6 Å². The molecule has 0 bridgehead atoms. The van der Waals surface area contributed by atoms with Gasteiger partial charge >= 0.3 is 0 Å². The highest BCUT2D eigenvalue weighted by Gasteiger charge is 2.27. The van der Waals surface area contributed by atoms with Crippen molar-refractivity contribution in [3.63, 3.8) is 0 Å². The molecule has 2 rings (SSSR count). The topological polar surface area (TPSA) is 97.2 Å². The summed E-state index contributed by atoms with van der Waals surface area (Å²) in [6, 6.07) is 1.93. The van der Waals surface area contributed by atoms with Crippen LogP contribution in [0.25, 0.3) is 0 Å². The summed E-state index contributed by atoms with van der Waals surface area (Å²) in [7, 11) is 0. The first-order valence-corrected chi connectivity index (χ1v) is 4.61. The summed E-state index contributed by atoms with van der Waals surface area (Å²) >= 11 is 0. The van der Waals surface area contributed by atoms with Crippen LogP contribution in [0.15, 0.2) is 12.3 Å². The van der Waals surface area contributed by atoms with Crippen LogP contribution in [0.3, 0.4) is 0 Å². The standard InChI is InChI=1S/C9H14N4O/c10-7-1-2-12-9(8(7)11)13-5-3-6(14)4-5/h1-2,5-6,14H,3-4,11H2,(H3,10,12,13). The summed E-state index contributed by atoms with van der Waals surface area (Å²) in [6.45, 7) is 0. The zero-order valence-corrected chi connectivity index (χ0v) is 7.77. The van der Waals surface area contributed by atoms with Gasteiger partial charge in [0, 0.05) is 12.2 Å². The number of hydrogen-bond acceptors (Lipinski definition) is 5. The van der Waals surface area contributed by atoms with E-state index in [-0.39, 0.29) is 12.1 Å². The minimum Gasteiger partial charge on any atom is -0.397 e. The predicted octanol–water partition coefficient (Wildman–Crippen LogP) is 0.181. The summed E-state index contributed by atoms with van der Waals surface area (Å²) in [5, 5.41) is 12.2. The second-order valence-electron chi connectivity index (χ2n) is 3.63. The number of nitrogens with two attached hydrogens (primary N) is 2. The van der Waals surface area contributed by atoms with Gasteiger partial charge < -0.3 is 21.9 Å². The smallest absolute Gasteiger partial charge is 0.151 e. The van der Waals surface area contributed by atoms with Crippen LogP contribution in [0.4, 0.5) is 17.2 Å². The van der Waals surface area contributed by atoms with E-state index < -0.39 is 0 Å². The fraction of sp³-hybridized carbons (Fsp3) is 0.444. The molecule has 1 fully saturated rings. The molecule has 1 aliphatic carbocycles. The molecule has 76 valence electrons. The molecule has 0 unspecified atom stereocenters. The number of nitrogens with one attached hydrogen (secondary N) is 1. The Hall–Kier alpha value is -1.49. The van der Waals surface area contributed by atoms with Crippen molar-refractivity contribution in [1.29, 1.82) is 0 Å². The molecule has 0 radical (unpaired) electrons. The van der Waals surface area contributed by atoms with Gasteiger partial charge in [-0.25, -0.2) is 4.98 Å². The van der Waals surface area contributed by atoms with Crippen LogP contribution < -0.4 is 16.8 Å². The summed E-state index contributed by atoms with van der Waals surface area (Å²) < 4.78 is 0. The summed E-state index contributed by atoms with van der Waals surface area (Å²) in [5.74, 6) is 0.613. The maximum Gasteiger partial charge on any atom is 0.151 e. The van der Waals surface area contributed by atoms with Crippen LogP contribution in [-0.2, 0) is 0 Å². The van der Waals surface area contributed by atoms with E-state index in [9.17, 15) is 0 Å². The van der Waals surface area contributed by atoms with Gasteiger partial charge in [0.25, 0.3) is 0 Å². The van der Waals surface area contributed by atoms with Crippen molar-refractivity contribution in [2.45, 2.75) is 25.0 Å². The average Bonchev–Trinajstić information content (AvgIpc) is 2.10. The van der Waals surface area contributed by atoms with E-state index in [0.717, 1.165) is 12.8 Å². The Bertz CT molecular complexity index is 336. The molecule has 5 nitrogen and oxygen atoms in total. The average molecular weight is 194 g/mol. The zero-order chi connectivity index (χ0) is 10.1. The Labute approximate surface area is 82.1 Å². The number of aliphatic hydroxyl groups is 1. The van der Waals surface area contributed by atoms with Gasteiger partial charge in [-0.3, -0.25) is 0 Å². The fourth-order valence-electron chi connectivity index (χ4n) is 1.50. The first-order valence-electron chi connectivity index (χ1n) is 4.61. The van der Waals surface area contributed by atoms with Gasteiger partial charge in [0.2, 0.25) is 0 Å². The van der Waals surface area contributed by atoms with Crippen molar-refractivity contribution in [2.24, 2.45) is 0 Å². The lowest BCUT2D eigenvalue weighted by Crippen LogP contribution is -2.39. The van der Waals surface area contributed by atoms with Crippen molar-refractivity contribution in [3.8, 4) is 0 Å². The van der Waals surface area contributed by atoms with E-state index in [1.165, 1.54) is 0 Å². The van der Waals surface area contributed by atoms with Gasteiger partial charge in [0.1, 0.15) is 0 Å². The van der Waals surface area contributed by atoms with Crippen LogP contribution >= 0.6 is 0 Å². The number of anilines is 3. The third-order valence-electron chi connectivity index (χ3n) is 2.48. The molecule has 1 aromatic rings. The molecule has 5 heteroatoms. The Morgan fingerprint density at radius 3 is 2.79 bits per heavy atom. The number of rotatable bonds is 2. The largest absolute Gasteiger partial charge is 0.397 e. The van der Waals surface area contributed by atoms with Crippen molar-refractivity contribution in [2.75, 3.05) is 16.8 Å². The first kappa shape index (κ1) is 9.08. The molecule has 1 aromatic heterocycles. The number of aliphatic hydroxyl groups excluding tert-OH is 1. The maximum atomic E-state index is 9.10. The van der Waals surface area contributed by atoms with Gasteiger partial charge in [-0.15, -0.1) is 0 Å². The lowest BCUT2D eigenvalue weighted by molar-refractivity contribution is 0.0835. The molecule has 0 saturated heterocycles. The molecule has 0 amide bonds. The maximum absolute atomic E-state index is 9.10. The summed E-state index contributed by atoms with van der Waals surface area (Å²) in [6.07, 6.45) is 2.92. The normalized spacial score (nSPS) is 25.5. The van der Waals surface area contributed by atoms with E-state index in [0.29, 0.717) is 17.2 Å². The number of aromatic nitrogens is 1. The van der Waals surface area contributed by atoms with Gasteiger partial charge in [-0.05, 0) is 18.9 Å². The minimum atomic E-state index is -0.185. The van der Waals surface area contributed by atoms with Crippen molar-refractivity contribution in [3.05, 3.63) is 12.3 Å². The second kappa shape index (κ2) is 3.34. The number of hydrogen-bond donors (Lipinski definition) is 4. The lowest BCUT2D eigenvalue weighted by atomic mass is 9.89. The summed E-state index contributed by atoms with van der Waals surface area (Å²) in [5.41, 5.74) is 12.4. The highest BCUT2D eigenvalue weighted by atomic mass is 16.3. The monoisotopic (exact) mass is 194 g/mol. The molecule has 1 saturated carbocycles. The SMILES string of the molecule is Nc1ccnc(NC2CC(O)C2)c1N. The van der Waals surface area contributed by atoms with Gasteiger partial charge in [0.05, 0.1) is 17.5 Å². The summed E-state index contributed by atoms with van der Waals surface area (Å²) in [4.78, 5) is 4.09. The van der Waals surface area contributed by atoms with Crippen molar-refractivity contribution < 1.29 is 5.11 Å². The molecule has 1 aliphatic rings. The highest BCUT2D eigenvalue weighted by molar-refractivity contribution is 5.75. The Morgan fingerprint density at radius 2 is 2.14 bits per heavy atom. The van der Waals surface area contributed by atoms with Crippen LogP contribution in [-0.4, -0.2) is 22.2 Å². The Kier molecular flexibility index (Phi) is 2.17. The predicted molar refractivity (Wildman–Crippen MR) is 55.7 cm³/mol. The van der Waals surface area contributed by atoms with E-state index in [1.807, 2.05) is 0 Å². The fourth-order valence-corrected chi connectivity index (χ4v) is 1.50. The molecule has 1 heterocycles. The highest BCUT2D eigenvalue weighted by Crippen LogP contribution is 2.27. The van der Waals surface area contributed by atoms with Crippen LogP contribution in [0.2, 0.25) is 0 Å². The molecular formula is C9H14N4O. The molecule has 14 heavy (non-hydrogen) atoms. The van der Waals surface area contributed by atoms with Crippen molar-refractivity contribution >= 4 is 17.2 Å². The lowest BCUT2D eigenvalue weighted by Gasteiger charge is -2.32. The van der Waals surface area contributed by atoms with Crippen LogP contribution in [0, 0.1) is 0 Å². The molecule has 6 N–H and O–H groups in total. The third kappa shape index (κ3) is 1.58. The quantitative estimate of drug-likeness (QED) is 0.538. The van der Waals surface area contributed by atoms with E-state index in [2.05, 4.69) is 10.3 Å². The first-order chi connectivity index (χ1) is 6.66.